The smallest absolute Gasteiger partial charge is 0.129 e. The van der Waals surface area contributed by atoms with Gasteiger partial charge in [0.25, 0.3) is 0 Å². The number of hydrogen-bond acceptors (Lipinski definition) is 1. The molecule has 2 nitrogen and oxygen atoms in total. The van der Waals surface area contributed by atoms with E-state index in [1.165, 1.54) is 16.5 Å². The molecule has 0 N–H and O–H groups in total. The van der Waals surface area contributed by atoms with E-state index in [1.807, 2.05) is 24.3 Å². The van der Waals surface area contributed by atoms with Crippen LogP contribution in [-0.2, 0) is 13.2 Å². The third-order valence-electron chi connectivity index (χ3n) is 3.48. The minimum absolute atomic E-state index is 0.610. The SMILES string of the molecule is CCCn1ccc2c(OCc3ccccc3)cccc21. The molecule has 3 rings (SSSR count). The lowest BCUT2D eigenvalue weighted by Gasteiger charge is -2.09. The Morgan fingerprint density at radius 1 is 0.950 bits per heavy atom. The Kier molecular flexibility index (Phi) is 3.73. The highest BCUT2D eigenvalue weighted by Gasteiger charge is 2.06. The van der Waals surface area contributed by atoms with Crippen LogP contribution < -0.4 is 4.74 Å². The largest absolute Gasteiger partial charge is 0.488 e. The van der Waals surface area contributed by atoms with Gasteiger partial charge in [-0.1, -0.05) is 43.3 Å². The maximum absolute atomic E-state index is 5.98. The average molecular weight is 265 g/mol. The summed E-state index contributed by atoms with van der Waals surface area (Å²) in [7, 11) is 0. The number of aryl methyl sites for hydroxylation is 1. The number of benzene rings is 2. The van der Waals surface area contributed by atoms with Gasteiger partial charge < -0.3 is 9.30 Å². The van der Waals surface area contributed by atoms with Crippen molar-refractivity contribution in [2.45, 2.75) is 26.5 Å². The van der Waals surface area contributed by atoms with Crippen molar-refractivity contribution in [3.8, 4) is 5.75 Å². The molecule has 0 radical (unpaired) electrons. The van der Waals surface area contributed by atoms with Gasteiger partial charge >= 0.3 is 0 Å². The number of fused-ring (bicyclic) bond motifs is 1. The first-order valence-corrected chi connectivity index (χ1v) is 7.13. The monoisotopic (exact) mass is 265 g/mol. The summed E-state index contributed by atoms with van der Waals surface area (Å²) in [4.78, 5) is 0. The molecule has 1 aromatic heterocycles. The van der Waals surface area contributed by atoms with Gasteiger partial charge in [0.05, 0.1) is 5.52 Å². The van der Waals surface area contributed by atoms with Crippen molar-refractivity contribution < 1.29 is 4.74 Å². The zero-order valence-electron chi connectivity index (χ0n) is 11.8. The normalized spacial score (nSPS) is 10.8. The molecule has 0 aliphatic carbocycles. The summed E-state index contributed by atoms with van der Waals surface area (Å²) in [6.07, 6.45) is 3.28. The number of hydrogen-bond donors (Lipinski definition) is 0. The number of rotatable bonds is 5. The minimum atomic E-state index is 0.610. The summed E-state index contributed by atoms with van der Waals surface area (Å²) in [6, 6.07) is 18.7. The van der Waals surface area contributed by atoms with Gasteiger partial charge in [-0.05, 0) is 30.2 Å². The molecule has 0 aliphatic rings. The van der Waals surface area contributed by atoms with Crippen molar-refractivity contribution in [1.29, 1.82) is 0 Å². The maximum atomic E-state index is 5.98. The molecular formula is C18H19NO. The van der Waals surface area contributed by atoms with Gasteiger partial charge in [0, 0.05) is 18.1 Å². The zero-order chi connectivity index (χ0) is 13.8. The first-order chi connectivity index (χ1) is 9.88. The van der Waals surface area contributed by atoms with Crippen molar-refractivity contribution in [3.63, 3.8) is 0 Å². The number of ether oxygens (including phenoxy) is 1. The third-order valence-corrected chi connectivity index (χ3v) is 3.48. The molecule has 0 fully saturated rings. The summed E-state index contributed by atoms with van der Waals surface area (Å²) in [5.41, 5.74) is 2.44. The molecule has 102 valence electrons. The summed E-state index contributed by atoms with van der Waals surface area (Å²) in [5, 5.41) is 1.19. The third kappa shape index (κ3) is 2.55. The molecule has 0 aliphatic heterocycles. The van der Waals surface area contributed by atoms with Crippen LogP contribution in [0.15, 0.2) is 60.8 Å². The van der Waals surface area contributed by atoms with Gasteiger partial charge in [0.1, 0.15) is 12.4 Å². The number of nitrogens with zero attached hydrogens (tertiary/aromatic N) is 1. The van der Waals surface area contributed by atoms with Crippen molar-refractivity contribution >= 4 is 10.9 Å². The maximum Gasteiger partial charge on any atom is 0.129 e. The second-order valence-electron chi connectivity index (χ2n) is 4.97. The molecular weight excluding hydrogens is 246 g/mol. The molecule has 0 unspecified atom stereocenters. The van der Waals surface area contributed by atoms with E-state index in [0.717, 1.165) is 18.7 Å². The highest BCUT2D eigenvalue weighted by molar-refractivity contribution is 5.86. The van der Waals surface area contributed by atoms with Gasteiger partial charge in [-0.3, -0.25) is 0 Å². The second-order valence-corrected chi connectivity index (χ2v) is 4.97. The van der Waals surface area contributed by atoms with E-state index in [4.69, 9.17) is 4.74 Å². The van der Waals surface area contributed by atoms with Crippen LogP contribution in [-0.4, -0.2) is 4.57 Å². The first kappa shape index (κ1) is 12.8. The van der Waals surface area contributed by atoms with Gasteiger partial charge in [0.2, 0.25) is 0 Å². The van der Waals surface area contributed by atoms with E-state index in [9.17, 15) is 0 Å². The summed E-state index contributed by atoms with van der Waals surface area (Å²) in [6.45, 7) is 3.85. The molecule has 3 aromatic rings. The fraction of sp³-hybridized carbons (Fsp3) is 0.222. The topological polar surface area (TPSA) is 14.2 Å². The van der Waals surface area contributed by atoms with Crippen molar-refractivity contribution in [2.24, 2.45) is 0 Å². The van der Waals surface area contributed by atoms with Crippen LogP contribution in [0, 0.1) is 0 Å². The van der Waals surface area contributed by atoms with Crippen LogP contribution >= 0.6 is 0 Å². The molecule has 0 saturated heterocycles. The van der Waals surface area contributed by atoms with Gasteiger partial charge in [-0.25, -0.2) is 0 Å². The Balaban J connectivity index is 1.85. The average Bonchev–Trinajstić information content (AvgIpc) is 2.91. The predicted molar refractivity (Wildman–Crippen MR) is 83.0 cm³/mol. The fourth-order valence-electron chi connectivity index (χ4n) is 2.49. The Bertz CT molecular complexity index is 685. The summed E-state index contributed by atoms with van der Waals surface area (Å²) in [5.74, 6) is 0.959. The Hall–Kier alpha value is -2.22. The molecule has 2 aromatic carbocycles. The number of aromatic nitrogens is 1. The predicted octanol–water partition coefficient (Wildman–Crippen LogP) is 4.63. The molecule has 0 amide bonds. The molecule has 20 heavy (non-hydrogen) atoms. The van der Waals surface area contributed by atoms with Crippen LogP contribution in [0.2, 0.25) is 0 Å². The van der Waals surface area contributed by atoms with E-state index in [0.29, 0.717) is 6.61 Å². The molecule has 0 atom stereocenters. The minimum Gasteiger partial charge on any atom is -0.488 e. The van der Waals surface area contributed by atoms with E-state index in [2.05, 4.69) is 48.0 Å². The van der Waals surface area contributed by atoms with Gasteiger partial charge in [0.15, 0.2) is 0 Å². The van der Waals surface area contributed by atoms with E-state index >= 15 is 0 Å². The Labute approximate surface area is 119 Å². The zero-order valence-corrected chi connectivity index (χ0v) is 11.8. The summed E-state index contributed by atoms with van der Waals surface area (Å²) < 4.78 is 8.27. The molecule has 2 heteroatoms. The quantitative estimate of drug-likeness (QED) is 0.656. The van der Waals surface area contributed by atoms with Gasteiger partial charge in [-0.15, -0.1) is 0 Å². The van der Waals surface area contributed by atoms with Crippen LogP contribution in [0.5, 0.6) is 5.75 Å². The van der Waals surface area contributed by atoms with Crippen molar-refractivity contribution in [1.82, 2.24) is 4.57 Å². The van der Waals surface area contributed by atoms with E-state index in [1.54, 1.807) is 0 Å². The fourth-order valence-corrected chi connectivity index (χ4v) is 2.49. The molecule has 0 spiro atoms. The van der Waals surface area contributed by atoms with Crippen molar-refractivity contribution in [2.75, 3.05) is 0 Å². The molecule has 0 saturated carbocycles. The highest BCUT2D eigenvalue weighted by atomic mass is 16.5. The Morgan fingerprint density at radius 3 is 2.60 bits per heavy atom. The van der Waals surface area contributed by atoms with Crippen LogP contribution in [0.25, 0.3) is 10.9 Å². The lowest BCUT2D eigenvalue weighted by molar-refractivity contribution is 0.310. The second kappa shape index (κ2) is 5.83. The lowest BCUT2D eigenvalue weighted by Crippen LogP contribution is -1.96. The van der Waals surface area contributed by atoms with Gasteiger partial charge in [-0.2, -0.15) is 0 Å². The Morgan fingerprint density at radius 2 is 1.80 bits per heavy atom. The van der Waals surface area contributed by atoms with Crippen molar-refractivity contribution in [3.05, 3.63) is 66.4 Å². The van der Waals surface area contributed by atoms with Crippen LogP contribution in [0.1, 0.15) is 18.9 Å². The van der Waals surface area contributed by atoms with E-state index < -0.39 is 0 Å². The molecule has 0 bridgehead atoms. The standard InChI is InChI=1S/C18H19NO/c1-2-12-19-13-11-16-17(19)9-6-10-18(16)20-14-15-7-4-3-5-8-15/h3-11,13H,2,12,14H2,1H3. The van der Waals surface area contributed by atoms with Crippen LogP contribution in [0.4, 0.5) is 0 Å². The lowest BCUT2D eigenvalue weighted by atomic mass is 10.2. The van der Waals surface area contributed by atoms with Crippen LogP contribution in [0.3, 0.4) is 0 Å². The molecule has 1 heterocycles. The first-order valence-electron chi connectivity index (χ1n) is 7.13. The van der Waals surface area contributed by atoms with E-state index in [-0.39, 0.29) is 0 Å². The highest BCUT2D eigenvalue weighted by Crippen LogP contribution is 2.27. The summed E-state index contributed by atoms with van der Waals surface area (Å²) >= 11 is 0.